The Morgan fingerprint density at radius 1 is 1.27 bits per heavy atom. The Labute approximate surface area is 138 Å². The molecule has 2 nitrogen and oxygen atoms in total. The molecule has 0 spiro atoms. The first-order chi connectivity index (χ1) is 10.00. The van der Waals surface area contributed by atoms with Gasteiger partial charge in [-0.05, 0) is 63.7 Å². The molecule has 0 bridgehead atoms. The summed E-state index contributed by atoms with van der Waals surface area (Å²) in [5.41, 5.74) is 0.736. The maximum Gasteiger partial charge on any atom is 0.186 e. The summed E-state index contributed by atoms with van der Waals surface area (Å²) >= 11 is 0. The summed E-state index contributed by atoms with van der Waals surface area (Å²) in [6, 6.07) is 2.52. The van der Waals surface area contributed by atoms with Gasteiger partial charge in [0.1, 0.15) is 6.07 Å². The SMILES string of the molecule is C/C1=C\CC(C)(C)/C=C/C(C#N)(O[Si](C)(C)C)C(C)CCC1. The first kappa shape index (κ1) is 19.2. The van der Waals surface area contributed by atoms with Crippen LogP contribution in [0.2, 0.25) is 19.6 Å². The first-order valence-electron chi connectivity index (χ1n) is 8.47. The highest BCUT2D eigenvalue weighted by atomic mass is 28.4. The fourth-order valence-electron chi connectivity index (χ4n) is 2.83. The lowest BCUT2D eigenvalue weighted by Gasteiger charge is -2.36. The van der Waals surface area contributed by atoms with E-state index in [0.29, 0.717) is 0 Å². The second-order valence-corrected chi connectivity index (χ2v) is 12.9. The molecular weight excluding hydrogens is 286 g/mol. The van der Waals surface area contributed by atoms with Crippen LogP contribution in [0.15, 0.2) is 23.8 Å². The van der Waals surface area contributed by atoms with Gasteiger partial charge in [-0.2, -0.15) is 5.26 Å². The number of nitrogens with zero attached hydrogens (tertiary/aromatic N) is 1. The van der Waals surface area contributed by atoms with E-state index >= 15 is 0 Å². The van der Waals surface area contributed by atoms with Crippen molar-refractivity contribution >= 4 is 8.32 Å². The smallest absolute Gasteiger partial charge is 0.186 e. The predicted octanol–water partition coefficient (Wildman–Crippen LogP) is 5.84. The third-order valence-corrected chi connectivity index (χ3v) is 5.30. The first-order valence-corrected chi connectivity index (χ1v) is 11.9. The fourth-order valence-corrected chi connectivity index (χ4v) is 4.16. The van der Waals surface area contributed by atoms with Crippen molar-refractivity contribution in [3.05, 3.63) is 23.8 Å². The lowest BCUT2D eigenvalue weighted by atomic mass is 9.82. The highest BCUT2D eigenvalue weighted by Gasteiger charge is 2.39. The molecule has 0 saturated carbocycles. The molecule has 0 heterocycles. The molecule has 1 rings (SSSR count). The Hall–Kier alpha value is -0.853. The fraction of sp³-hybridized carbons (Fsp3) is 0.737. The Balaban J connectivity index is 3.21. The number of hydrogen-bond acceptors (Lipinski definition) is 2. The van der Waals surface area contributed by atoms with Gasteiger partial charge < -0.3 is 4.43 Å². The van der Waals surface area contributed by atoms with Gasteiger partial charge in [0, 0.05) is 5.92 Å². The van der Waals surface area contributed by atoms with E-state index in [1.165, 1.54) is 5.57 Å². The van der Waals surface area contributed by atoms with Gasteiger partial charge in [-0.1, -0.05) is 38.5 Å². The van der Waals surface area contributed by atoms with Crippen molar-refractivity contribution in [2.75, 3.05) is 0 Å². The van der Waals surface area contributed by atoms with Crippen molar-refractivity contribution in [2.24, 2.45) is 11.3 Å². The average molecular weight is 320 g/mol. The minimum absolute atomic E-state index is 0.0518. The van der Waals surface area contributed by atoms with Crippen LogP contribution in [0, 0.1) is 22.7 Å². The molecule has 124 valence electrons. The molecular formula is C19H33NOSi. The van der Waals surface area contributed by atoms with Gasteiger partial charge in [0.15, 0.2) is 13.9 Å². The zero-order valence-electron chi connectivity index (χ0n) is 15.5. The molecule has 0 aromatic rings. The van der Waals surface area contributed by atoms with Crippen molar-refractivity contribution in [3.8, 4) is 6.07 Å². The summed E-state index contributed by atoms with van der Waals surface area (Å²) in [5.74, 6) is 0.210. The number of hydrogen-bond donors (Lipinski definition) is 0. The molecule has 0 aromatic carbocycles. The van der Waals surface area contributed by atoms with Crippen LogP contribution >= 0.6 is 0 Å². The molecule has 2 atom stereocenters. The van der Waals surface area contributed by atoms with Gasteiger partial charge in [-0.15, -0.1) is 0 Å². The monoisotopic (exact) mass is 319 g/mol. The minimum Gasteiger partial charge on any atom is -0.397 e. The van der Waals surface area contributed by atoms with Gasteiger partial charge in [0.2, 0.25) is 0 Å². The largest absolute Gasteiger partial charge is 0.397 e. The second-order valence-electron chi connectivity index (χ2n) is 8.49. The third-order valence-electron chi connectivity index (χ3n) is 4.35. The lowest BCUT2D eigenvalue weighted by molar-refractivity contribution is 0.103. The molecule has 2 unspecified atom stereocenters. The highest BCUT2D eigenvalue weighted by Crippen LogP contribution is 2.35. The van der Waals surface area contributed by atoms with Crippen molar-refractivity contribution in [3.63, 3.8) is 0 Å². The summed E-state index contributed by atoms with van der Waals surface area (Å²) in [6.07, 6.45) is 10.9. The van der Waals surface area contributed by atoms with Gasteiger partial charge in [-0.3, -0.25) is 0 Å². The summed E-state index contributed by atoms with van der Waals surface area (Å²) < 4.78 is 6.39. The maximum absolute atomic E-state index is 9.93. The highest BCUT2D eigenvalue weighted by molar-refractivity contribution is 6.69. The predicted molar refractivity (Wildman–Crippen MR) is 97.1 cm³/mol. The van der Waals surface area contributed by atoms with E-state index < -0.39 is 13.9 Å². The average Bonchev–Trinajstić information content (AvgIpc) is 2.40. The maximum atomic E-state index is 9.93. The number of rotatable bonds is 2. The van der Waals surface area contributed by atoms with Gasteiger partial charge in [0.05, 0.1) is 0 Å². The number of nitriles is 1. The van der Waals surface area contributed by atoms with Crippen LogP contribution < -0.4 is 0 Å². The molecule has 22 heavy (non-hydrogen) atoms. The van der Waals surface area contributed by atoms with E-state index in [0.717, 1.165) is 25.7 Å². The molecule has 0 fully saturated rings. The van der Waals surface area contributed by atoms with E-state index in [4.69, 9.17) is 4.43 Å². The van der Waals surface area contributed by atoms with E-state index in [1.807, 2.05) is 0 Å². The van der Waals surface area contributed by atoms with Gasteiger partial charge >= 0.3 is 0 Å². The lowest BCUT2D eigenvalue weighted by Crippen LogP contribution is -2.45. The summed E-state index contributed by atoms with van der Waals surface area (Å²) in [5, 5.41) is 9.93. The van der Waals surface area contributed by atoms with Crippen LogP contribution in [0.3, 0.4) is 0 Å². The van der Waals surface area contributed by atoms with Crippen LogP contribution in [0.5, 0.6) is 0 Å². The van der Waals surface area contributed by atoms with E-state index in [1.54, 1.807) is 0 Å². The summed E-state index contributed by atoms with van der Waals surface area (Å²) in [7, 11) is -1.81. The Morgan fingerprint density at radius 3 is 2.45 bits per heavy atom. The molecule has 1 aliphatic rings. The second kappa shape index (κ2) is 7.15. The van der Waals surface area contributed by atoms with Crippen LogP contribution in [-0.4, -0.2) is 13.9 Å². The summed E-state index contributed by atoms with van der Waals surface area (Å²) in [6.45, 7) is 15.3. The standard InChI is InChI=1S/C19H33NOSi/c1-16-9-8-10-17(2)19(15-20,21-22(5,6)7)14-13-18(3,4)12-11-16/h11,13-14,17H,8-10,12H2,1-7H3/b14-13+,16-11+. The molecule has 0 amide bonds. The molecule has 0 saturated heterocycles. The van der Waals surface area contributed by atoms with E-state index in [9.17, 15) is 5.26 Å². The molecule has 0 radical (unpaired) electrons. The Morgan fingerprint density at radius 2 is 1.91 bits per heavy atom. The molecule has 0 aromatic heterocycles. The minimum atomic E-state index is -1.81. The normalized spacial score (nSPS) is 33.9. The van der Waals surface area contributed by atoms with Crippen LogP contribution in [0.25, 0.3) is 0 Å². The topological polar surface area (TPSA) is 33.0 Å². The zero-order chi connectivity index (χ0) is 17.0. The van der Waals surface area contributed by atoms with Crippen LogP contribution in [0.4, 0.5) is 0 Å². The quantitative estimate of drug-likeness (QED) is 0.473. The molecule has 0 aliphatic heterocycles. The van der Waals surface area contributed by atoms with Crippen molar-refractivity contribution in [2.45, 2.75) is 78.6 Å². The van der Waals surface area contributed by atoms with Crippen LogP contribution in [-0.2, 0) is 4.43 Å². The van der Waals surface area contributed by atoms with Crippen LogP contribution in [0.1, 0.15) is 53.4 Å². The summed E-state index contributed by atoms with van der Waals surface area (Å²) in [4.78, 5) is 0. The van der Waals surface area contributed by atoms with Crippen molar-refractivity contribution in [1.29, 1.82) is 5.26 Å². The third kappa shape index (κ3) is 5.74. The molecule has 3 heteroatoms. The number of allylic oxidation sites excluding steroid dienone is 3. The Bertz CT molecular complexity index is 479. The molecule has 0 N–H and O–H groups in total. The van der Waals surface area contributed by atoms with E-state index in [2.05, 4.69) is 71.6 Å². The van der Waals surface area contributed by atoms with Gasteiger partial charge in [0.25, 0.3) is 0 Å². The Kier molecular flexibility index (Phi) is 6.24. The van der Waals surface area contributed by atoms with Gasteiger partial charge in [-0.25, -0.2) is 0 Å². The zero-order valence-corrected chi connectivity index (χ0v) is 16.5. The van der Waals surface area contributed by atoms with Crippen molar-refractivity contribution < 1.29 is 4.43 Å². The molecule has 1 aliphatic carbocycles. The van der Waals surface area contributed by atoms with E-state index in [-0.39, 0.29) is 11.3 Å². The van der Waals surface area contributed by atoms with Crippen molar-refractivity contribution in [1.82, 2.24) is 0 Å².